The highest BCUT2D eigenvalue weighted by atomic mass is 16.4. The Labute approximate surface area is 142 Å². The molecule has 25 heavy (non-hydrogen) atoms. The van der Waals surface area contributed by atoms with Crippen molar-refractivity contribution in [1.29, 1.82) is 0 Å². The zero-order valence-corrected chi connectivity index (χ0v) is 13.2. The summed E-state index contributed by atoms with van der Waals surface area (Å²) < 4.78 is 0. The number of rotatable bonds is 9. The summed E-state index contributed by atoms with van der Waals surface area (Å²) in [7, 11) is 0. The summed E-state index contributed by atoms with van der Waals surface area (Å²) in [5.41, 5.74) is -1.81. The van der Waals surface area contributed by atoms with Crippen LogP contribution in [-0.4, -0.2) is 45.6 Å². The third-order valence-corrected chi connectivity index (χ3v) is 3.53. The molecule has 0 radical (unpaired) electrons. The fourth-order valence-corrected chi connectivity index (χ4v) is 2.29. The van der Waals surface area contributed by atoms with E-state index in [4.69, 9.17) is 16.8 Å². The normalized spacial score (nSPS) is 13.2. The molecule has 0 heterocycles. The number of aliphatic carboxylic acids is 2. The number of hydrazone groups is 1. The van der Waals surface area contributed by atoms with E-state index in [1.54, 1.807) is 0 Å². The first kappa shape index (κ1) is 19.8. The molecule has 1 atom stereocenters. The van der Waals surface area contributed by atoms with Crippen LogP contribution in [0.2, 0.25) is 0 Å². The Morgan fingerprint density at radius 1 is 1.20 bits per heavy atom. The number of aldehydes is 1. The number of amides is 1. The first-order valence-corrected chi connectivity index (χ1v) is 7.10. The van der Waals surface area contributed by atoms with Crippen LogP contribution in [-0.2, 0) is 24.7 Å². The molecule has 0 aliphatic rings. The Kier molecular flexibility index (Phi) is 6.76. The molecule has 0 unspecified atom stereocenters. The lowest BCUT2D eigenvalue weighted by molar-refractivity contribution is -0.166. The Hall–Kier alpha value is -3.27. The largest absolute Gasteiger partial charge is 0.481 e. The van der Waals surface area contributed by atoms with Crippen molar-refractivity contribution in [3.8, 4) is 0 Å². The molecule has 10 heteroatoms. The van der Waals surface area contributed by atoms with Gasteiger partial charge in [-0.25, -0.2) is 10.6 Å². The van der Waals surface area contributed by atoms with E-state index in [1.807, 2.05) is 0 Å². The van der Waals surface area contributed by atoms with Crippen molar-refractivity contribution in [3.63, 3.8) is 0 Å². The molecular weight excluding hydrogens is 332 g/mol. The molecular formula is C15H18N4O6. The second kappa shape index (κ2) is 8.55. The van der Waals surface area contributed by atoms with E-state index >= 15 is 0 Å². The van der Waals surface area contributed by atoms with E-state index < -0.39 is 29.8 Å². The van der Waals surface area contributed by atoms with Crippen molar-refractivity contribution >= 4 is 30.3 Å². The van der Waals surface area contributed by atoms with Gasteiger partial charge in [-0.15, -0.1) is 0 Å². The number of hydrazine groups is 1. The zero-order valence-electron chi connectivity index (χ0n) is 13.2. The van der Waals surface area contributed by atoms with Gasteiger partial charge < -0.3 is 20.9 Å². The highest BCUT2D eigenvalue weighted by Crippen LogP contribution is 2.32. The van der Waals surface area contributed by atoms with Crippen LogP contribution >= 0.6 is 0 Å². The summed E-state index contributed by atoms with van der Waals surface area (Å²) in [4.78, 5) is 45.7. The van der Waals surface area contributed by atoms with Crippen LogP contribution in [0.5, 0.6) is 0 Å². The van der Waals surface area contributed by atoms with Gasteiger partial charge in [0.15, 0.2) is 5.54 Å². The number of hydrogen-bond acceptors (Lipinski definition) is 7. The highest BCUT2D eigenvalue weighted by Gasteiger charge is 2.49. The summed E-state index contributed by atoms with van der Waals surface area (Å²) in [6, 6.07) is 5.55. The highest BCUT2D eigenvalue weighted by molar-refractivity contribution is 5.92. The van der Waals surface area contributed by atoms with Crippen molar-refractivity contribution < 1.29 is 29.4 Å². The maximum atomic E-state index is 12.1. The number of carbonyl (C=O) groups is 4. The lowest BCUT2D eigenvalue weighted by Gasteiger charge is -2.36. The topological polar surface area (TPSA) is 176 Å². The number of benzene rings is 1. The van der Waals surface area contributed by atoms with Gasteiger partial charge in [0.2, 0.25) is 5.91 Å². The van der Waals surface area contributed by atoms with E-state index in [0.29, 0.717) is 16.9 Å². The quantitative estimate of drug-likeness (QED) is 0.150. The first-order valence-electron chi connectivity index (χ1n) is 7.10. The summed E-state index contributed by atoms with van der Waals surface area (Å²) >= 11 is 0. The predicted molar refractivity (Wildman–Crippen MR) is 86.1 cm³/mol. The Morgan fingerprint density at radius 3 is 2.24 bits per heavy atom. The molecule has 0 aliphatic carbocycles. The van der Waals surface area contributed by atoms with Gasteiger partial charge in [-0.1, -0.05) is 24.3 Å². The zero-order chi connectivity index (χ0) is 19.0. The molecule has 0 aromatic heterocycles. The maximum absolute atomic E-state index is 12.1. The van der Waals surface area contributed by atoms with Crippen molar-refractivity contribution in [2.75, 3.05) is 0 Å². The molecule has 1 rings (SSSR count). The fourth-order valence-electron chi connectivity index (χ4n) is 2.29. The molecule has 0 saturated carbocycles. The van der Waals surface area contributed by atoms with Crippen LogP contribution in [0.1, 0.15) is 30.4 Å². The number of carbonyl (C=O) groups excluding carboxylic acids is 2. The average Bonchev–Trinajstić information content (AvgIpc) is 2.57. The number of carboxylic acids is 2. The number of hydrogen-bond donors (Lipinski definition) is 4. The lowest BCUT2D eigenvalue weighted by Crippen LogP contribution is -2.59. The van der Waals surface area contributed by atoms with Crippen LogP contribution in [0, 0.1) is 0 Å². The smallest absolute Gasteiger partial charge is 0.336 e. The third kappa shape index (κ3) is 4.38. The second-order valence-corrected chi connectivity index (χ2v) is 5.11. The molecule has 1 amide bonds. The second-order valence-electron chi connectivity index (χ2n) is 5.11. The molecule has 1 aromatic rings. The minimum absolute atomic E-state index is 0.0153. The van der Waals surface area contributed by atoms with Gasteiger partial charge in [-0.3, -0.25) is 14.6 Å². The first-order chi connectivity index (χ1) is 11.8. The van der Waals surface area contributed by atoms with Crippen molar-refractivity contribution in [2.24, 2.45) is 16.8 Å². The Balaban J connectivity index is 3.44. The average molecular weight is 350 g/mol. The summed E-state index contributed by atoms with van der Waals surface area (Å²) in [6.45, 7) is 0. The van der Waals surface area contributed by atoms with E-state index in [-0.39, 0.29) is 18.4 Å². The number of carboxylic acid groups (broad SMARTS) is 2. The molecule has 134 valence electrons. The number of nitrogens with two attached hydrogens (primary N) is 2. The van der Waals surface area contributed by atoms with Gasteiger partial charge in [0, 0.05) is 12.8 Å². The van der Waals surface area contributed by atoms with Crippen molar-refractivity contribution in [2.45, 2.75) is 24.8 Å². The third-order valence-electron chi connectivity index (χ3n) is 3.53. The summed E-state index contributed by atoms with van der Waals surface area (Å²) in [5.74, 6) is 6.77. The van der Waals surface area contributed by atoms with Gasteiger partial charge in [-0.2, -0.15) is 5.10 Å². The Bertz CT molecular complexity index is 688. The van der Waals surface area contributed by atoms with E-state index in [2.05, 4.69) is 5.10 Å². The van der Waals surface area contributed by atoms with E-state index in [0.717, 1.165) is 0 Å². The number of nitrogens with zero attached hydrogens (tertiary/aromatic N) is 2. The van der Waals surface area contributed by atoms with E-state index in [9.17, 15) is 24.3 Å². The van der Waals surface area contributed by atoms with Crippen molar-refractivity contribution in [3.05, 3.63) is 35.4 Å². The standard InChI is InChI=1S/C15H18N4O6/c16-18-9-10-3-5-11(6-4-10)15(14(24)25,8-13(22)23)19(17)12(21)2-1-7-20/h3-7,9H,1-2,8,16-17H2,(H,22,23)(H,24,25)/t15-/m1/s1. The van der Waals surface area contributed by atoms with Gasteiger partial charge >= 0.3 is 11.9 Å². The minimum atomic E-state index is -2.33. The van der Waals surface area contributed by atoms with Crippen LogP contribution < -0.4 is 11.7 Å². The van der Waals surface area contributed by atoms with Crippen LogP contribution in [0.4, 0.5) is 0 Å². The molecule has 0 aliphatic heterocycles. The molecule has 0 fully saturated rings. The van der Waals surface area contributed by atoms with Crippen LogP contribution in [0.25, 0.3) is 0 Å². The van der Waals surface area contributed by atoms with Gasteiger partial charge in [0.1, 0.15) is 6.29 Å². The molecule has 1 aromatic carbocycles. The molecule has 10 nitrogen and oxygen atoms in total. The Morgan fingerprint density at radius 2 is 1.80 bits per heavy atom. The molecule has 0 bridgehead atoms. The lowest BCUT2D eigenvalue weighted by atomic mass is 9.85. The van der Waals surface area contributed by atoms with Gasteiger partial charge in [0.25, 0.3) is 0 Å². The summed E-state index contributed by atoms with van der Waals surface area (Å²) in [5, 5.41) is 22.5. The molecule has 0 spiro atoms. The van der Waals surface area contributed by atoms with Gasteiger partial charge in [0.05, 0.1) is 12.6 Å². The van der Waals surface area contributed by atoms with Crippen molar-refractivity contribution in [1.82, 2.24) is 5.01 Å². The molecule has 0 saturated heterocycles. The van der Waals surface area contributed by atoms with Crippen LogP contribution in [0.15, 0.2) is 29.4 Å². The SMILES string of the molecule is NN=Cc1ccc([C@](CC(=O)O)(C(=O)O)N(N)C(=O)CCC=O)cc1. The predicted octanol–water partition coefficient (Wildman–Crippen LogP) is -0.585. The van der Waals surface area contributed by atoms with Crippen LogP contribution in [0.3, 0.4) is 0 Å². The van der Waals surface area contributed by atoms with Gasteiger partial charge in [-0.05, 0) is 11.1 Å². The maximum Gasteiger partial charge on any atom is 0.336 e. The summed E-state index contributed by atoms with van der Waals surface area (Å²) in [6.07, 6.45) is 0.314. The van der Waals surface area contributed by atoms with E-state index in [1.165, 1.54) is 30.5 Å². The monoisotopic (exact) mass is 350 g/mol. The fraction of sp³-hybridized carbons (Fsp3) is 0.267. The minimum Gasteiger partial charge on any atom is -0.481 e. The molecule has 6 N–H and O–H groups in total.